The maximum absolute atomic E-state index is 5.47. The fraction of sp³-hybridized carbons (Fsp3) is 0.111. The zero-order valence-electron chi connectivity index (χ0n) is 6.97. The maximum atomic E-state index is 5.47. The Bertz CT molecular complexity index is 383. The predicted octanol–water partition coefficient (Wildman–Crippen LogP) is 1.20. The van der Waals surface area contributed by atoms with Crippen molar-refractivity contribution in [3.8, 4) is 11.3 Å². The van der Waals surface area contributed by atoms with Crippen molar-refractivity contribution in [1.29, 1.82) is 0 Å². The highest BCUT2D eigenvalue weighted by atomic mass is 16.6. The summed E-state index contributed by atoms with van der Waals surface area (Å²) < 4.78 is 4.61. The number of aromatic nitrogens is 2. The SMILES string of the molecule is NCc1nonc1-c1ccccc1. The van der Waals surface area contributed by atoms with Crippen molar-refractivity contribution in [3.05, 3.63) is 36.0 Å². The Morgan fingerprint density at radius 3 is 2.62 bits per heavy atom. The molecule has 0 aliphatic heterocycles. The molecule has 4 nitrogen and oxygen atoms in total. The van der Waals surface area contributed by atoms with Gasteiger partial charge in [-0.1, -0.05) is 35.5 Å². The fourth-order valence-corrected chi connectivity index (χ4v) is 1.16. The molecular formula is C9H9N3O. The zero-order chi connectivity index (χ0) is 9.10. The van der Waals surface area contributed by atoms with Crippen molar-refractivity contribution in [2.75, 3.05) is 0 Å². The van der Waals surface area contributed by atoms with Gasteiger partial charge in [0.25, 0.3) is 0 Å². The van der Waals surface area contributed by atoms with Gasteiger partial charge >= 0.3 is 0 Å². The van der Waals surface area contributed by atoms with E-state index in [4.69, 9.17) is 5.73 Å². The highest BCUT2D eigenvalue weighted by Crippen LogP contribution is 2.18. The molecule has 1 heterocycles. The highest BCUT2D eigenvalue weighted by Gasteiger charge is 2.09. The molecule has 0 spiro atoms. The van der Waals surface area contributed by atoms with Crippen LogP contribution in [0.3, 0.4) is 0 Å². The van der Waals surface area contributed by atoms with E-state index >= 15 is 0 Å². The van der Waals surface area contributed by atoms with Gasteiger partial charge in [0.05, 0.1) is 0 Å². The van der Waals surface area contributed by atoms with Crippen molar-refractivity contribution in [2.24, 2.45) is 5.73 Å². The van der Waals surface area contributed by atoms with Gasteiger partial charge in [-0.25, -0.2) is 4.63 Å². The second kappa shape index (κ2) is 3.37. The third kappa shape index (κ3) is 1.43. The summed E-state index contributed by atoms with van der Waals surface area (Å²) in [5.74, 6) is 0. The monoisotopic (exact) mass is 175 g/mol. The van der Waals surface area contributed by atoms with Crippen LogP contribution in [-0.2, 0) is 6.54 Å². The molecule has 66 valence electrons. The van der Waals surface area contributed by atoms with Crippen LogP contribution in [-0.4, -0.2) is 10.3 Å². The largest absolute Gasteiger partial charge is 0.325 e. The summed E-state index contributed by atoms with van der Waals surface area (Å²) >= 11 is 0. The van der Waals surface area contributed by atoms with Crippen LogP contribution >= 0.6 is 0 Å². The lowest BCUT2D eigenvalue weighted by molar-refractivity contribution is 0.304. The zero-order valence-corrected chi connectivity index (χ0v) is 6.97. The molecule has 0 bridgehead atoms. The van der Waals surface area contributed by atoms with Gasteiger partial charge in [-0.05, 0) is 5.16 Å². The van der Waals surface area contributed by atoms with Crippen molar-refractivity contribution in [3.63, 3.8) is 0 Å². The lowest BCUT2D eigenvalue weighted by Gasteiger charge is -1.94. The van der Waals surface area contributed by atoms with Crippen LogP contribution in [0.1, 0.15) is 5.69 Å². The Hall–Kier alpha value is -1.68. The highest BCUT2D eigenvalue weighted by molar-refractivity contribution is 5.60. The standard InChI is InChI=1S/C9H9N3O/c10-6-8-9(12-13-11-8)7-4-2-1-3-5-7/h1-5H,6,10H2. The van der Waals surface area contributed by atoms with Crippen LogP contribution in [0.15, 0.2) is 35.0 Å². The Labute approximate surface area is 75.3 Å². The van der Waals surface area contributed by atoms with E-state index in [2.05, 4.69) is 14.9 Å². The van der Waals surface area contributed by atoms with Gasteiger partial charge in [0.1, 0.15) is 11.4 Å². The first kappa shape index (κ1) is 7.94. The average Bonchev–Trinajstić information content (AvgIpc) is 2.67. The van der Waals surface area contributed by atoms with Gasteiger partial charge in [-0.2, -0.15) is 0 Å². The van der Waals surface area contributed by atoms with E-state index in [-0.39, 0.29) is 0 Å². The molecule has 2 N–H and O–H groups in total. The fourth-order valence-electron chi connectivity index (χ4n) is 1.16. The molecule has 0 amide bonds. The van der Waals surface area contributed by atoms with Gasteiger partial charge in [-0.3, -0.25) is 0 Å². The molecule has 2 rings (SSSR count). The molecule has 0 aliphatic rings. The quantitative estimate of drug-likeness (QED) is 0.744. The normalized spacial score (nSPS) is 10.2. The molecule has 1 aromatic heterocycles. The first-order valence-corrected chi connectivity index (χ1v) is 3.98. The smallest absolute Gasteiger partial charge is 0.139 e. The molecule has 0 fully saturated rings. The van der Waals surface area contributed by atoms with Crippen LogP contribution in [0.5, 0.6) is 0 Å². The van der Waals surface area contributed by atoms with Gasteiger partial charge in [0, 0.05) is 12.1 Å². The predicted molar refractivity (Wildman–Crippen MR) is 47.6 cm³/mol. The molecule has 13 heavy (non-hydrogen) atoms. The number of hydrogen-bond acceptors (Lipinski definition) is 4. The number of benzene rings is 1. The van der Waals surface area contributed by atoms with Gasteiger partial charge in [0.15, 0.2) is 0 Å². The van der Waals surface area contributed by atoms with Crippen LogP contribution in [0.25, 0.3) is 11.3 Å². The Balaban J connectivity index is 2.47. The van der Waals surface area contributed by atoms with Gasteiger partial charge < -0.3 is 5.73 Å². The Morgan fingerprint density at radius 1 is 1.15 bits per heavy atom. The summed E-state index contributed by atoms with van der Waals surface area (Å²) in [5.41, 5.74) is 7.86. The summed E-state index contributed by atoms with van der Waals surface area (Å²) in [5, 5.41) is 7.49. The van der Waals surface area contributed by atoms with Crippen LogP contribution < -0.4 is 5.73 Å². The van der Waals surface area contributed by atoms with Gasteiger partial charge in [0.2, 0.25) is 0 Å². The van der Waals surface area contributed by atoms with Crippen molar-refractivity contribution in [2.45, 2.75) is 6.54 Å². The minimum absolute atomic E-state index is 0.341. The van der Waals surface area contributed by atoms with E-state index in [1.54, 1.807) is 0 Å². The van der Waals surface area contributed by atoms with E-state index in [1.165, 1.54) is 0 Å². The minimum Gasteiger partial charge on any atom is -0.325 e. The lowest BCUT2D eigenvalue weighted by Crippen LogP contribution is -1.98. The topological polar surface area (TPSA) is 64.9 Å². The number of nitrogens with two attached hydrogens (primary N) is 1. The summed E-state index contributed by atoms with van der Waals surface area (Å²) in [6, 6.07) is 9.70. The Morgan fingerprint density at radius 2 is 1.92 bits per heavy atom. The Kier molecular flexibility index (Phi) is 2.06. The molecular weight excluding hydrogens is 166 g/mol. The maximum Gasteiger partial charge on any atom is 0.139 e. The third-order valence-electron chi connectivity index (χ3n) is 1.80. The van der Waals surface area contributed by atoms with Crippen molar-refractivity contribution < 1.29 is 4.63 Å². The minimum atomic E-state index is 0.341. The molecule has 0 aliphatic carbocycles. The third-order valence-corrected chi connectivity index (χ3v) is 1.80. The number of rotatable bonds is 2. The molecule has 1 aromatic carbocycles. The number of hydrogen-bond donors (Lipinski definition) is 1. The molecule has 0 saturated heterocycles. The van der Waals surface area contributed by atoms with Crippen LogP contribution in [0, 0.1) is 0 Å². The van der Waals surface area contributed by atoms with E-state index in [0.29, 0.717) is 12.2 Å². The van der Waals surface area contributed by atoms with E-state index in [0.717, 1.165) is 11.3 Å². The number of nitrogens with zero attached hydrogens (tertiary/aromatic N) is 2. The van der Waals surface area contributed by atoms with E-state index in [1.807, 2.05) is 30.3 Å². The first-order valence-electron chi connectivity index (χ1n) is 3.98. The summed E-state index contributed by atoms with van der Waals surface area (Å²) in [7, 11) is 0. The summed E-state index contributed by atoms with van der Waals surface area (Å²) in [6.45, 7) is 0.341. The lowest BCUT2D eigenvalue weighted by atomic mass is 10.1. The van der Waals surface area contributed by atoms with Crippen molar-refractivity contribution in [1.82, 2.24) is 10.3 Å². The van der Waals surface area contributed by atoms with E-state index < -0.39 is 0 Å². The molecule has 4 heteroatoms. The van der Waals surface area contributed by atoms with Crippen molar-refractivity contribution >= 4 is 0 Å². The second-order valence-corrected chi connectivity index (χ2v) is 2.63. The molecule has 0 radical (unpaired) electrons. The van der Waals surface area contributed by atoms with Gasteiger partial charge in [-0.15, -0.1) is 0 Å². The molecule has 2 aromatic rings. The summed E-state index contributed by atoms with van der Waals surface area (Å²) in [4.78, 5) is 0. The van der Waals surface area contributed by atoms with E-state index in [9.17, 15) is 0 Å². The first-order chi connectivity index (χ1) is 6.42. The van der Waals surface area contributed by atoms with Crippen LogP contribution in [0.4, 0.5) is 0 Å². The second-order valence-electron chi connectivity index (χ2n) is 2.63. The molecule has 0 saturated carbocycles. The van der Waals surface area contributed by atoms with Crippen LogP contribution in [0.2, 0.25) is 0 Å². The summed E-state index contributed by atoms with van der Waals surface area (Å²) in [6.07, 6.45) is 0. The molecule has 0 atom stereocenters. The average molecular weight is 175 g/mol. The molecule has 0 unspecified atom stereocenters.